The largest absolute Gasteiger partial charge is 0.348 e. The summed E-state index contributed by atoms with van der Waals surface area (Å²) >= 11 is 0. The highest BCUT2D eigenvalue weighted by molar-refractivity contribution is 6.10. The molecule has 0 aromatic heterocycles. The fourth-order valence-electron chi connectivity index (χ4n) is 4.23. The Hall–Kier alpha value is -3.67. The molecule has 1 fully saturated rings. The smallest absolute Gasteiger partial charge is 0.325 e. The van der Waals surface area contributed by atoms with Crippen molar-refractivity contribution >= 4 is 28.6 Å². The number of aryl methyl sites for hydroxylation is 2. The quantitative estimate of drug-likeness (QED) is 0.600. The number of nitrogens with one attached hydrogen (secondary N) is 2. The Bertz CT molecular complexity index is 1230. The van der Waals surface area contributed by atoms with Crippen LogP contribution in [0.5, 0.6) is 0 Å². The van der Waals surface area contributed by atoms with E-state index < -0.39 is 17.5 Å². The van der Waals surface area contributed by atoms with Crippen LogP contribution in [0, 0.1) is 13.8 Å². The number of amides is 4. The van der Waals surface area contributed by atoms with Crippen LogP contribution in [0.3, 0.4) is 0 Å². The lowest BCUT2D eigenvalue weighted by atomic mass is 9.88. The van der Waals surface area contributed by atoms with Gasteiger partial charge in [-0.05, 0) is 60.7 Å². The van der Waals surface area contributed by atoms with Crippen LogP contribution >= 0.6 is 0 Å². The van der Waals surface area contributed by atoms with Crippen LogP contribution in [0.25, 0.3) is 10.8 Å². The second-order valence-electron chi connectivity index (χ2n) is 8.61. The maximum atomic E-state index is 13.3. The van der Waals surface area contributed by atoms with Gasteiger partial charge >= 0.3 is 6.03 Å². The zero-order valence-electron chi connectivity index (χ0n) is 18.7. The molecular weight excluding hydrogens is 402 g/mol. The Labute approximate surface area is 187 Å². The van der Waals surface area contributed by atoms with Gasteiger partial charge in [0.05, 0.1) is 6.04 Å². The highest BCUT2D eigenvalue weighted by Crippen LogP contribution is 2.33. The first kappa shape index (κ1) is 21.6. The van der Waals surface area contributed by atoms with Gasteiger partial charge in [-0.2, -0.15) is 0 Å². The average Bonchev–Trinajstić information content (AvgIpc) is 2.98. The minimum atomic E-state index is -1.24. The fourth-order valence-corrected chi connectivity index (χ4v) is 4.23. The van der Waals surface area contributed by atoms with Gasteiger partial charge in [0.25, 0.3) is 5.91 Å². The number of fused-ring (bicyclic) bond motifs is 1. The third-order valence-corrected chi connectivity index (χ3v) is 6.31. The lowest BCUT2D eigenvalue weighted by molar-refractivity contribution is -0.135. The van der Waals surface area contributed by atoms with Gasteiger partial charge in [-0.15, -0.1) is 0 Å². The number of nitrogens with zero attached hydrogens (tertiary/aromatic N) is 1. The molecule has 2 N–H and O–H groups in total. The minimum absolute atomic E-state index is 0.244. The molecule has 0 saturated carbocycles. The zero-order valence-corrected chi connectivity index (χ0v) is 18.7. The molecule has 2 unspecified atom stereocenters. The summed E-state index contributed by atoms with van der Waals surface area (Å²) in [4.78, 5) is 39.7. The predicted octanol–water partition coefficient (Wildman–Crippen LogP) is 4.10. The third-order valence-electron chi connectivity index (χ3n) is 6.31. The van der Waals surface area contributed by atoms with E-state index in [2.05, 4.69) is 10.6 Å². The van der Waals surface area contributed by atoms with E-state index in [1.54, 1.807) is 6.92 Å². The molecule has 4 amide bonds. The molecule has 32 heavy (non-hydrogen) atoms. The lowest BCUT2D eigenvalue weighted by Gasteiger charge is -2.24. The van der Waals surface area contributed by atoms with Crippen molar-refractivity contribution in [2.75, 3.05) is 6.54 Å². The van der Waals surface area contributed by atoms with Gasteiger partial charge < -0.3 is 10.6 Å². The maximum Gasteiger partial charge on any atom is 0.325 e. The lowest BCUT2D eigenvalue weighted by Crippen LogP contribution is -2.43. The van der Waals surface area contributed by atoms with Crippen LogP contribution in [0.15, 0.2) is 60.7 Å². The number of carbonyl (C=O) groups is 3. The maximum absolute atomic E-state index is 13.3. The van der Waals surface area contributed by atoms with Crippen LogP contribution in [0.2, 0.25) is 0 Å². The van der Waals surface area contributed by atoms with Crippen molar-refractivity contribution < 1.29 is 14.4 Å². The third kappa shape index (κ3) is 3.73. The first-order chi connectivity index (χ1) is 15.2. The van der Waals surface area contributed by atoms with Gasteiger partial charge in [-0.25, -0.2) is 4.79 Å². The van der Waals surface area contributed by atoms with Crippen molar-refractivity contribution in [2.24, 2.45) is 0 Å². The molecule has 164 valence electrons. The molecule has 3 aromatic rings. The molecule has 4 rings (SSSR count). The number of imide groups is 1. The number of carbonyl (C=O) groups excluding carboxylic acids is 3. The molecule has 6 nitrogen and oxygen atoms in total. The average molecular weight is 430 g/mol. The van der Waals surface area contributed by atoms with E-state index in [4.69, 9.17) is 0 Å². The fraction of sp³-hybridized carbons (Fsp3) is 0.269. The van der Waals surface area contributed by atoms with Crippen molar-refractivity contribution in [3.8, 4) is 0 Å². The van der Waals surface area contributed by atoms with E-state index in [0.29, 0.717) is 5.56 Å². The molecule has 1 heterocycles. The molecule has 2 atom stereocenters. The number of hydrogen-bond donors (Lipinski definition) is 2. The molecule has 3 aromatic carbocycles. The number of urea groups is 1. The van der Waals surface area contributed by atoms with E-state index in [1.807, 2.05) is 81.4 Å². The summed E-state index contributed by atoms with van der Waals surface area (Å²) in [7, 11) is 0. The van der Waals surface area contributed by atoms with E-state index in [-0.39, 0.29) is 18.5 Å². The van der Waals surface area contributed by atoms with Gasteiger partial charge in [-0.1, -0.05) is 60.7 Å². The Morgan fingerprint density at radius 3 is 2.50 bits per heavy atom. The number of rotatable bonds is 5. The van der Waals surface area contributed by atoms with E-state index in [0.717, 1.165) is 26.8 Å². The van der Waals surface area contributed by atoms with Crippen molar-refractivity contribution in [1.29, 1.82) is 0 Å². The normalized spacial score (nSPS) is 19.2. The van der Waals surface area contributed by atoms with E-state index >= 15 is 0 Å². The Kier molecular flexibility index (Phi) is 5.46. The molecule has 1 saturated heterocycles. The molecule has 0 radical (unpaired) electrons. The van der Waals surface area contributed by atoms with Gasteiger partial charge in [0.1, 0.15) is 12.1 Å². The zero-order chi connectivity index (χ0) is 23.0. The second kappa shape index (κ2) is 8.11. The Morgan fingerprint density at radius 1 is 1.03 bits per heavy atom. The van der Waals surface area contributed by atoms with Crippen molar-refractivity contribution in [1.82, 2.24) is 15.5 Å². The van der Waals surface area contributed by atoms with Gasteiger partial charge in [-0.3, -0.25) is 14.5 Å². The summed E-state index contributed by atoms with van der Waals surface area (Å²) in [6.07, 6.45) is 0. The molecular formula is C26H27N3O3. The second-order valence-corrected chi connectivity index (χ2v) is 8.61. The highest BCUT2D eigenvalue weighted by atomic mass is 16.2. The van der Waals surface area contributed by atoms with Gasteiger partial charge in [0, 0.05) is 0 Å². The first-order valence-electron chi connectivity index (χ1n) is 10.7. The van der Waals surface area contributed by atoms with Crippen molar-refractivity contribution in [3.05, 3.63) is 82.9 Å². The van der Waals surface area contributed by atoms with Crippen molar-refractivity contribution in [2.45, 2.75) is 39.3 Å². The predicted molar refractivity (Wildman–Crippen MR) is 124 cm³/mol. The van der Waals surface area contributed by atoms with Crippen LogP contribution in [0.1, 0.15) is 42.1 Å². The molecule has 0 spiro atoms. The van der Waals surface area contributed by atoms with E-state index in [9.17, 15) is 14.4 Å². The molecule has 0 aliphatic carbocycles. The SMILES string of the molecule is Cc1ccc(C(C)NC(=O)CN2C(=O)NC(C)(c3cccc4ccccc34)C2=O)cc1C. The molecule has 6 heteroatoms. The minimum Gasteiger partial charge on any atom is -0.348 e. The van der Waals surface area contributed by atoms with Crippen molar-refractivity contribution in [3.63, 3.8) is 0 Å². The highest BCUT2D eigenvalue weighted by Gasteiger charge is 2.50. The van der Waals surface area contributed by atoms with Crippen LogP contribution in [-0.4, -0.2) is 29.3 Å². The number of benzene rings is 3. The van der Waals surface area contributed by atoms with Crippen LogP contribution < -0.4 is 10.6 Å². The molecule has 1 aliphatic heterocycles. The summed E-state index contributed by atoms with van der Waals surface area (Å²) in [6, 6.07) is 18.6. The summed E-state index contributed by atoms with van der Waals surface area (Å²) in [5, 5.41) is 7.56. The van der Waals surface area contributed by atoms with Gasteiger partial charge in [0.15, 0.2) is 0 Å². The standard InChI is InChI=1S/C26H27N3O3/c1-16-12-13-20(14-17(16)2)18(3)27-23(30)15-29-24(31)26(4,28-25(29)32)22-11-7-9-19-8-5-6-10-21(19)22/h5-14,18H,15H2,1-4H3,(H,27,30)(H,28,32). The summed E-state index contributed by atoms with van der Waals surface area (Å²) in [5.74, 6) is -0.825. The van der Waals surface area contributed by atoms with Gasteiger partial charge in [0.2, 0.25) is 5.91 Å². The number of hydrogen-bond acceptors (Lipinski definition) is 3. The van der Waals surface area contributed by atoms with E-state index in [1.165, 1.54) is 5.56 Å². The monoisotopic (exact) mass is 429 g/mol. The Morgan fingerprint density at radius 2 is 1.75 bits per heavy atom. The molecule has 1 aliphatic rings. The van der Waals surface area contributed by atoms with Crippen LogP contribution in [-0.2, 0) is 15.1 Å². The topological polar surface area (TPSA) is 78.5 Å². The summed E-state index contributed by atoms with van der Waals surface area (Å²) in [5.41, 5.74) is 2.76. The van der Waals surface area contributed by atoms with Crippen LogP contribution in [0.4, 0.5) is 4.79 Å². The molecule has 0 bridgehead atoms. The summed E-state index contributed by atoms with van der Waals surface area (Å²) in [6.45, 7) is 7.29. The summed E-state index contributed by atoms with van der Waals surface area (Å²) < 4.78 is 0. The Balaban J connectivity index is 1.52. The first-order valence-corrected chi connectivity index (χ1v) is 10.7.